The standard InChI is InChI=1S/C14H16BrN3O2/c1-17(8-9-20-11-6-4-3-5-7-11)12-10-16-18(2)14(19)13(12)15/h3-7,10H,8-9H2,1-2H3. The van der Waals surface area contributed by atoms with Gasteiger partial charge in [-0.05, 0) is 28.1 Å². The Balaban J connectivity index is 1.97. The molecular formula is C14H16BrN3O2. The number of aryl methyl sites for hydroxylation is 1. The average Bonchev–Trinajstić information content (AvgIpc) is 2.46. The highest BCUT2D eigenvalue weighted by Crippen LogP contribution is 2.19. The normalized spacial score (nSPS) is 10.3. The minimum absolute atomic E-state index is 0.154. The van der Waals surface area contributed by atoms with E-state index in [1.807, 2.05) is 42.3 Å². The molecule has 0 spiro atoms. The Labute approximate surface area is 125 Å². The molecule has 1 aromatic heterocycles. The van der Waals surface area contributed by atoms with Crippen LogP contribution >= 0.6 is 15.9 Å². The lowest BCUT2D eigenvalue weighted by molar-refractivity contribution is 0.326. The van der Waals surface area contributed by atoms with Gasteiger partial charge < -0.3 is 9.64 Å². The first-order valence-electron chi connectivity index (χ1n) is 6.20. The predicted octanol–water partition coefficient (Wildman–Crippen LogP) is 2.06. The van der Waals surface area contributed by atoms with Gasteiger partial charge in [-0.1, -0.05) is 18.2 Å². The van der Waals surface area contributed by atoms with Crippen molar-refractivity contribution in [1.82, 2.24) is 9.78 Å². The number of hydrogen-bond acceptors (Lipinski definition) is 4. The molecule has 2 aromatic rings. The second-order valence-corrected chi connectivity index (χ2v) is 5.15. The smallest absolute Gasteiger partial charge is 0.282 e. The second kappa shape index (κ2) is 6.56. The third-order valence-electron chi connectivity index (χ3n) is 2.91. The Morgan fingerprint density at radius 1 is 1.35 bits per heavy atom. The summed E-state index contributed by atoms with van der Waals surface area (Å²) in [7, 11) is 3.52. The van der Waals surface area contributed by atoms with E-state index in [0.29, 0.717) is 17.6 Å². The van der Waals surface area contributed by atoms with Gasteiger partial charge in [0, 0.05) is 14.1 Å². The molecule has 0 atom stereocenters. The molecule has 0 saturated carbocycles. The molecule has 0 N–H and O–H groups in total. The maximum atomic E-state index is 11.8. The van der Waals surface area contributed by atoms with Crippen LogP contribution in [0, 0.1) is 0 Å². The van der Waals surface area contributed by atoms with Crippen molar-refractivity contribution in [3.8, 4) is 5.75 Å². The van der Waals surface area contributed by atoms with Crippen LogP contribution in [0.25, 0.3) is 0 Å². The fourth-order valence-electron chi connectivity index (χ4n) is 1.71. The third kappa shape index (κ3) is 3.39. The molecule has 0 unspecified atom stereocenters. The number of anilines is 1. The van der Waals surface area contributed by atoms with Crippen LogP contribution in [-0.2, 0) is 7.05 Å². The van der Waals surface area contributed by atoms with Crippen LogP contribution < -0.4 is 15.2 Å². The van der Waals surface area contributed by atoms with E-state index in [4.69, 9.17) is 4.74 Å². The third-order valence-corrected chi connectivity index (χ3v) is 3.66. The first kappa shape index (κ1) is 14.6. The first-order valence-corrected chi connectivity index (χ1v) is 6.99. The Hall–Kier alpha value is -1.82. The number of rotatable bonds is 5. The molecule has 1 aromatic carbocycles. The van der Waals surface area contributed by atoms with Crippen LogP contribution in [0.2, 0.25) is 0 Å². The average molecular weight is 338 g/mol. The molecule has 0 saturated heterocycles. The zero-order valence-electron chi connectivity index (χ0n) is 11.4. The molecule has 0 aliphatic rings. The topological polar surface area (TPSA) is 47.4 Å². The molecule has 1 heterocycles. The summed E-state index contributed by atoms with van der Waals surface area (Å²) in [6.07, 6.45) is 1.66. The number of hydrogen-bond donors (Lipinski definition) is 0. The van der Waals surface area contributed by atoms with Gasteiger partial charge in [-0.3, -0.25) is 4.79 Å². The summed E-state index contributed by atoms with van der Waals surface area (Å²) in [5.41, 5.74) is 0.600. The monoisotopic (exact) mass is 337 g/mol. The van der Waals surface area contributed by atoms with Crippen molar-refractivity contribution in [3.63, 3.8) is 0 Å². The minimum atomic E-state index is -0.154. The molecule has 0 radical (unpaired) electrons. The number of para-hydroxylation sites is 1. The fourth-order valence-corrected chi connectivity index (χ4v) is 2.37. The van der Waals surface area contributed by atoms with Crippen molar-refractivity contribution in [2.24, 2.45) is 7.05 Å². The quantitative estimate of drug-likeness (QED) is 0.837. The van der Waals surface area contributed by atoms with Crippen molar-refractivity contribution in [3.05, 3.63) is 51.4 Å². The summed E-state index contributed by atoms with van der Waals surface area (Å²) in [4.78, 5) is 13.7. The molecule has 106 valence electrons. The number of ether oxygens (including phenoxy) is 1. The lowest BCUT2D eigenvalue weighted by Gasteiger charge is -2.20. The molecule has 0 aliphatic carbocycles. The van der Waals surface area contributed by atoms with E-state index in [2.05, 4.69) is 21.0 Å². The van der Waals surface area contributed by atoms with E-state index in [-0.39, 0.29) is 5.56 Å². The molecule has 5 nitrogen and oxygen atoms in total. The lowest BCUT2D eigenvalue weighted by Crippen LogP contribution is -2.28. The van der Waals surface area contributed by atoms with Gasteiger partial charge in [-0.2, -0.15) is 5.10 Å². The van der Waals surface area contributed by atoms with Crippen molar-refractivity contribution >= 4 is 21.6 Å². The second-order valence-electron chi connectivity index (χ2n) is 4.36. The Morgan fingerprint density at radius 2 is 2.05 bits per heavy atom. The predicted molar refractivity (Wildman–Crippen MR) is 82.4 cm³/mol. The number of aromatic nitrogens is 2. The van der Waals surface area contributed by atoms with Gasteiger partial charge in [0.05, 0.1) is 18.4 Å². The number of likely N-dealkylation sites (N-methyl/N-ethyl adjacent to an activating group) is 1. The van der Waals surface area contributed by atoms with Crippen LogP contribution in [0.3, 0.4) is 0 Å². The zero-order valence-corrected chi connectivity index (χ0v) is 13.0. The molecule has 2 rings (SSSR count). The summed E-state index contributed by atoms with van der Waals surface area (Å²) in [6, 6.07) is 9.63. The number of nitrogens with zero attached hydrogens (tertiary/aromatic N) is 3. The Kier molecular flexibility index (Phi) is 4.79. The van der Waals surface area contributed by atoms with Crippen LogP contribution in [0.15, 0.2) is 45.8 Å². The summed E-state index contributed by atoms with van der Waals surface area (Å²) in [6.45, 7) is 1.19. The van der Waals surface area contributed by atoms with Crippen molar-refractivity contribution in [1.29, 1.82) is 0 Å². The van der Waals surface area contributed by atoms with Gasteiger partial charge in [0.25, 0.3) is 5.56 Å². The summed E-state index contributed by atoms with van der Waals surface area (Å²) in [5, 5.41) is 4.02. The summed E-state index contributed by atoms with van der Waals surface area (Å²) < 4.78 is 7.44. The molecule has 0 bridgehead atoms. The van der Waals surface area contributed by atoms with Crippen molar-refractivity contribution in [2.45, 2.75) is 0 Å². The molecule has 20 heavy (non-hydrogen) atoms. The highest BCUT2D eigenvalue weighted by molar-refractivity contribution is 9.10. The summed E-state index contributed by atoms with van der Waals surface area (Å²) >= 11 is 3.31. The van der Waals surface area contributed by atoms with Crippen molar-refractivity contribution in [2.75, 3.05) is 25.1 Å². The van der Waals surface area contributed by atoms with Gasteiger partial charge in [0.1, 0.15) is 16.8 Å². The molecule has 0 fully saturated rings. The highest BCUT2D eigenvalue weighted by Gasteiger charge is 2.10. The lowest BCUT2D eigenvalue weighted by atomic mass is 10.3. The van der Waals surface area contributed by atoms with E-state index in [1.165, 1.54) is 4.68 Å². The Morgan fingerprint density at radius 3 is 2.75 bits per heavy atom. The van der Waals surface area contributed by atoms with E-state index in [1.54, 1.807) is 13.2 Å². The molecule has 6 heteroatoms. The van der Waals surface area contributed by atoms with Gasteiger partial charge in [-0.25, -0.2) is 4.68 Å². The van der Waals surface area contributed by atoms with Gasteiger partial charge in [0.15, 0.2) is 0 Å². The maximum Gasteiger partial charge on any atom is 0.282 e. The molecule has 0 aliphatic heterocycles. The van der Waals surface area contributed by atoms with Gasteiger partial charge >= 0.3 is 0 Å². The number of benzene rings is 1. The van der Waals surface area contributed by atoms with Crippen LogP contribution in [0.4, 0.5) is 5.69 Å². The maximum absolute atomic E-state index is 11.8. The molecule has 0 amide bonds. The Bertz CT molecular complexity index is 628. The molecular weight excluding hydrogens is 322 g/mol. The van der Waals surface area contributed by atoms with Crippen LogP contribution in [-0.4, -0.2) is 30.0 Å². The van der Waals surface area contributed by atoms with E-state index in [9.17, 15) is 4.79 Å². The SMILES string of the molecule is CN(CCOc1ccccc1)c1cnn(C)c(=O)c1Br. The van der Waals surface area contributed by atoms with Crippen LogP contribution in [0.5, 0.6) is 5.75 Å². The van der Waals surface area contributed by atoms with Crippen LogP contribution in [0.1, 0.15) is 0 Å². The zero-order chi connectivity index (χ0) is 14.5. The first-order chi connectivity index (χ1) is 9.59. The fraction of sp³-hybridized carbons (Fsp3) is 0.286. The van der Waals surface area contributed by atoms with Crippen molar-refractivity contribution < 1.29 is 4.74 Å². The largest absolute Gasteiger partial charge is 0.492 e. The van der Waals surface area contributed by atoms with Gasteiger partial charge in [0.2, 0.25) is 0 Å². The van der Waals surface area contributed by atoms with E-state index >= 15 is 0 Å². The minimum Gasteiger partial charge on any atom is -0.492 e. The highest BCUT2D eigenvalue weighted by atomic mass is 79.9. The van der Waals surface area contributed by atoms with E-state index < -0.39 is 0 Å². The van der Waals surface area contributed by atoms with E-state index in [0.717, 1.165) is 11.4 Å². The number of halogens is 1. The van der Waals surface area contributed by atoms with Gasteiger partial charge in [-0.15, -0.1) is 0 Å². The summed E-state index contributed by atoms with van der Waals surface area (Å²) in [5.74, 6) is 0.835.